The van der Waals surface area contributed by atoms with Crippen molar-refractivity contribution in [3.63, 3.8) is 0 Å². The van der Waals surface area contributed by atoms with Gasteiger partial charge in [-0.15, -0.1) is 0 Å². The molecular weight excluding hydrogens is 136 g/mol. The van der Waals surface area contributed by atoms with Crippen LogP contribution in [0.1, 0.15) is 33.1 Å². The van der Waals surface area contributed by atoms with Crippen LogP contribution in [0.5, 0.6) is 0 Å². The summed E-state index contributed by atoms with van der Waals surface area (Å²) in [6.45, 7) is 4.20. The molecule has 0 aliphatic rings. The Bertz CT molecular complexity index is 54.0. The van der Waals surface area contributed by atoms with Crippen LogP contribution in [0.25, 0.3) is 0 Å². The van der Waals surface area contributed by atoms with E-state index in [4.69, 9.17) is 0 Å². The van der Waals surface area contributed by atoms with Crippen LogP contribution in [-0.4, -0.2) is 4.08 Å². The average Bonchev–Trinajstić information content (AvgIpc) is 1.59. The van der Waals surface area contributed by atoms with Gasteiger partial charge >= 0.3 is 0 Å². The zero-order valence-corrected chi connectivity index (χ0v) is 7.30. The fourth-order valence-electron chi connectivity index (χ4n) is 0.512. The van der Waals surface area contributed by atoms with E-state index in [1.54, 1.807) is 0 Å². The molecule has 0 heterocycles. The van der Waals surface area contributed by atoms with Crippen molar-refractivity contribution in [3.05, 3.63) is 0 Å². The number of rotatable bonds is 3. The molecule has 0 rings (SSSR count). The molecule has 0 amide bonds. The van der Waals surface area contributed by atoms with Crippen molar-refractivity contribution in [1.29, 1.82) is 0 Å². The topological polar surface area (TPSA) is 0 Å². The predicted molar refractivity (Wildman–Crippen MR) is 45.9 cm³/mol. The van der Waals surface area contributed by atoms with Gasteiger partial charge in [-0.05, 0) is 13.3 Å². The van der Waals surface area contributed by atoms with Crippen LogP contribution in [0.4, 0.5) is 0 Å². The lowest BCUT2D eigenvalue weighted by Crippen LogP contribution is -2.04. The standard InChI is InChI=1S/C6H14S2/c1-3-4-5-6(2,7)8/h7-8H,3-5H2,1-2H3. The monoisotopic (exact) mass is 150 g/mol. The highest BCUT2D eigenvalue weighted by Crippen LogP contribution is 2.24. The second kappa shape index (κ2) is 3.67. The second-order valence-electron chi connectivity index (χ2n) is 2.32. The summed E-state index contributed by atoms with van der Waals surface area (Å²) < 4.78 is -0.0595. The molecule has 0 aromatic carbocycles. The lowest BCUT2D eigenvalue weighted by Gasteiger charge is -2.14. The Labute approximate surface area is 62.9 Å². The number of hydrogen-bond donors (Lipinski definition) is 2. The fourth-order valence-corrected chi connectivity index (χ4v) is 0.828. The van der Waals surface area contributed by atoms with E-state index in [2.05, 4.69) is 32.2 Å². The molecule has 0 fully saturated rings. The summed E-state index contributed by atoms with van der Waals surface area (Å²) in [5, 5.41) is 0. The van der Waals surface area contributed by atoms with Crippen LogP contribution in [0.2, 0.25) is 0 Å². The Morgan fingerprint density at radius 3 is 2.00 bits per heavy atom. The average molecular weight is 150 g/mol. The summed E-state index contributed by atoms with van der Waals surface area (Å²) in [5.41, 5.74) is 0. The van der Waals surface area contributed by atoms with Gasteiger partial charge in [-0.25, -0.2) is 0 Å². The number of unbranched alkanes of at least 4 members (excludes halogenated alkanes) is 1. The van der Waals surface area contributed by atoms with Crippen LogP contribution in [0.3, 0.4) is 0 Å². The molecule has 0 N–H and O–H groups in total. The van der Waals surface area contributed by atoms with Crippen molar-refractivity contribution in [2.75, 3.05) is 0 Å². The van der Waals surface area contributed by atoms with Gasteiger partial charge in [0.05, 0.1) is 4.08 Å². The maximum atomic E-state index is 4.25. The van der Waals surface area contributed by atoms with Crippen molar-refractivity contribution < 1.29 is 0 Å². The lowest BCUT2D eigenvalue weighted by atomic mass is 10.2. The van der Waals surface area contributed by atoms with E-state index in [1.165, 1.54) is 12.8 Å². The van der Waals surface area contributed by atoms with Crippen molar-refractivity contribution in [2.45, 2.75) is 37.2 Å². The van der Waals surface area contributed by atoms with Gasteiger partial charge in [0, 0.05) is 0 Å². The summed E-state index contributed by atoms with van der Waals surface area (Å²) in [4.78, 5) is 0. The molecule has 0 aliphatic heterocycles. The zero-order chi connectivity index (χ0) is 6.62. The van der Waals surface area contributed by atoms with Gasteiger partial charge in [-0.1, -0.05) is 19.8 Å². The van der Waals surface area contributed by atoms with Crippen molar-refractivity contribution in [3.8, 4) is 0 Å². The Balaban J connectivity index is 3.11. The van der Waals surface area contributed by atoms with Gasteiger partial charge < -0.3 is 0 Å². The molecule has 0 unspecified atom stereocenters. The van der Waals surface area contributed by atoms with Crippen molar-refractivity contribution in [1.82, 2.24) is 0 Å². The Morgan fingerprint density at radius 2 is 1.88 bits per heavy atom. The third-order valence-corrected chi connectivity index (χ3v) is 1.45. The van der Waals surface area contributed by atoms with E-state index in [1.807, 2.05) is 6.92 Å². The number of thiol groups is 2. The van der Waals surface area contributed by atoms with Gasteiger partial charge in [0.25, 0.3) is 0 Å². The molecule has 2 heteroatoms. The largest absolute Gasteiger partial charge is 0.162 e. The second-order valence-corrected chi connectivity index (χ2v) is 4.65. The van der Waals surface area contributed by atoms with E-state index < -0.39 is 0 Å². The molecule has 0 nitrogen and oxygen atoms in total. The van der Waals surface area contributed by atoms with Crippen molar-refractivity contribution >= 4 is 25.3 Å². The first-order valence-corrected chi connectivity index (χ1v) is 3.90. The minimum atomic E-state index is -0.0595. The fraction of sp³-hybridized carbons (Fsp3) is 1.00. The highest BCUT2D eigenvalue weighted by atomic mass is 32.2. The van der Waals surface area contributed by atoms with Crippen LogP contribution < -0.4 is 0 Å². The molecule has 0 bridgehead atoms. The Kier molecular flexibility index (Phi) is 4.00. The van der Waals surface area contributed by atoms with Crippen LogP contribution in [0, 0.1) is 0 Å². The highest BCUT2D eigenvalue weighted by Gasteiger charge is 2.09. The first kappa shape index (κ1) is 8.70. The van der Waals surface area contributed by atoms with Gasteiger partial charge in [-0.3, -0.25) is 0 Å². The summed E-state index contributed by atoms with van der Waals surface area (Å²) in [6.07, 6.45) is 3.55. The first-order chi connectivity index (χ1) is 3.56. The predicted octanol–water partition coefficient (Wildman–Crippen LogP) is 2.75. The van der Waals surface area contributed by atoms with Gasteiger partial charge in [-0.2, -0.15) is 25.3 Å². The molecule has 0 saturated heterocycles. The van der Waals surface area contributed by atoms with Crippen LogP contribution >= 0.6 is 25.3 Å². The Morgan fingerprint density at radius 1 is 1.38 bits per heavy atom. The van der Waals surface area contributed by atoms with Crippen LogP contribution in [0.15, 0.2) is 0 Å². The van der Waals surface area contributed by atoms with E-state index in [9.17, 15) is 0 Å². The molecule has 8 heavy (non-hydrogen) atoms. The van der Waals surface area contributed by atoms with Crippen LogP contribution in [-0.2, 0) is 0 Å². The quantitative estimate of drug-likeness (QED) is 0.448. The van der Waals surface area contributed by atoms with Crippen molar-refractivity contribution in [2.24, 2.45) is 0 Å². The Hall–Kier alpha value is 0.700. The normalized spacial score (nSPS) is 12.0. The van der Waals surface area contributed by atoms with E-state index >= 15 is 0 Å². The molecule has 0 spiro atoms. The van der Waals surface area contributed by atoms with E-state index in [0.717, 1.165) is 6.42 Å². The summed E-state index contributed by atoms with van der Waals surface area (Å²) in [6, 6.07) is 0. The van der Waals surface area contributed by atoms with Gasteiger partial charge in [0.15, 0.2) is 0 Å². The van der Waals surface area contributed by atoms with Gasteiger partial charge in [0.1, 0.15) is 0 Å². The van der Waals surface area contributed by atoms with Gasteiger partial charge in [0.2, 0.25) is 0 Å². The molecule has 0 atom stereocenters. The third kappa shape index (κ3) is 6.70. The summed E-state index contributed by atoms with van der Waals surface area (Å²) in [7, 11) is 0. The molecule has 0 saturated carbocycles. The first-order valence-electron chi connectivity index (χ1n) is 3.01. The highest BCUT2D eigenvalue weighted by molar-refractivity contribution is 8.00. The summed E-state index contributed by atoms with van der Waals surface area (Å²) >= 11 is 8.51. The minimum Gasteiger partial charge on any atom is -0.162 e. The summed E-state index contributed by atoms with van der Waals surface area (Å²) in [5.74, 6) is 0. The minimum absolute atomic E-state index is 0.0595. The molecule has 50 valence electrons. The zero-order valence-electron chi connectivity index (χ0n) is 5.52. The molecule has 0 aliphatic carbocycles. The molecule has 0 radical (unpaired) electrons. The van der Waals surface area contributed by atoms with E-state index in [-0.39, 0.29) is 4.08 Å². The maximum absolute atomic E-state index is 4.25. The molecular formula is C6H14S2. The molecule has 0 aromatic rings. The SMILES string of the molecule is CCCCC(C)(S)S. The number of hydrogen-bond acceptors (Lipinski definition) is 2. The van der Waals surface area contributed by atoms with E-state index in [0.29, 0.717) is 0 Å². The smallest absolute Gasteiger partial charge is 0.0523 e. The maximum Gasteiger partial charge on any atom is 0.0523 e. The lowest BCUT2D eigenvalue weighted by molar-refractivity contribution is 0.691. The third-order valence-electron chi connectivity index (χ3n) is 1.00. The molecule has 0 aromatic heterocycles.